The monoisotopic (exact) mass is 264 g/mol. The Bertz CT molecular complexity index is 574. The predicted molar refractivity (Wildman–Crippen MR) is 66.8 cm³/mol. The van der Waals surface area contributed by atoms with E-state index in [4.69, 9.17) is 11.6 Å². The second-order valence-electron chi connectivity index (χ2n) is 3.63. The van der Waals surface area contributed by atoms with E-state index < -0.39 is 11.7 Å². The van der Waals surface area contributed by atoms with Crippen molar-refractivity contribution in [3.05, 3.63) is 64.7 Å². The molecular weight excluding hydrogens is 255 g/mol. The van der Waals surface area contributed by atoms with Crippen LogP contribution >= 0.6 is 11.6 Å². The van der Waals surface area contributed by atoms with Gasteiger partial charge < -0.3 is 5.32 Å². The van der Waals surface area contributed by atoms with E-state index in [0.29, 0.717) is 5.02 Å². The highest BCUT2D eigenvalue weighted by molar-refractivity contribution is 6.31. The molecule has 1 heterocycles. The largest absolute Gasteiger partial charge is 0.348 e. The van der Waals surface area contributed by atoms with E-state index in [9.17, 15) is 9.18 Å². The minimum absolute atomic E-state index is 0.0305. The van der Waals surface area contributed by atoms with Crippen LogP contribution in [0.25, 0.3) is 0 Å². The summed E-state index contributed by atoms with van der Waals surface area (Å²) in [6.07, 6.45) is 2.37. The first kappa shape index (κ1) is 12.5. The van der Waals surface area contributed by atoms with Gasteiger partial charge in [-0.1, -0.05) is 29.8 Å². The predicted octanol–water partition coefficient (Wildman–Crippen LogP) is 2.80. The number of carbonyl (C=O) groups excluding carboxylic acids is 1. The van der Waals surface area contributed by atoms with Crippen molar-refractivity contribution in [1.29, 1.82) is 0 Å². The minimum atomic E-state index is -0.644. The van der Waals surface area contributed by atoms with E-state index in [0.717, 1.165) is 11.8 Å². The number of benzene rings is 1. The van der Waals surface area contributed by atoms with Crippen molar-refractivity contribution in [2.24, 2.45) is 0 Å². The van der Waals surface area contributed by atoms with E-state index in [1.807, 2.05) is 6.07 Å². The van der Waals surface area contributed by atoms with Gasteiger partial charge in [0.15, 0.2) is 5.82 Å². The minimum Gasteiger partial charge on any atom is -0.348 e. The van der Waals surface area contributed by atoms with Gasteiger partial charge in [-0.2, -0.15) is 0 Å². The Morgan fingerprint density at radius 1 is 1.33 bits per heavy atom. The highest BCUT2D eigenvalue weighted by atomic mass is 35.5. The van der Waals surface area contributed by atoms with Crippen LogP contribution in [0.1, 0.15) is 15.9 Å². The number of hydrogen-bond acceptors (Lipinski definition) is 2. The number of hydrogen-bond donors (Lipinski definition) is 1. The Balaban J connectivity index is 2.06. The van der Waals surface area contributed by atoms with Crippen molar-refractivity contribution in [2.45, 2.75) is 6.54 Å². The molecule has 18 heavy (non-hydrogen) atoms. The summed E-state index contributed by atoms with van der Waals surface area (Å²) in [5.74, 6) is -1.14. The number of amides is 1. The average Bonchev–Trinajstić information content (AvgIpc) is 2.38. The zero-order valence-corrected chi connectivity index (χ0v) is 10.1. The molecule has 0 aliphatic rings. The van der Waals surface area contributed by atoms with Crippen LogP contribution in [-0.2, 0) is 6.54 Å². The molecule has 1 aromatic heterocycles. The smallest absolute Gasteiger partial charge is 0.254 e. The fourth-order valence-electron chi connectivity index (χ4n) is 1.47. The number of nitrogens with zero attached hydrogens (tertiary/aromatic N) is 1. The number of halogens is 2. The summed E-state index contributed by atoms with van der Waals surface area (Å²) >= 11 is 5.95. The Hall–Kier alpha value is -1.94. The SMILES string of the molecule is O=C(NCc1ccccc1Cl)c1ccncc1F. The van der Waals surface area contributed by atoms with Crippen molar-refractivity contribution >= 4 is 17.5 Å². The molecule has 0 aliphatic carbocycles. The molecule has 0 fully saturated rings. The van der Waals surface area contributed by atoms with Crippen LogP contribution in [0.15, 0.2) is 42.7 Å². The fraction of sp³-hybridized carbons (Fsp3) is 0.0769. The fourth-order valence-corrected chi connectivity index (χ4v) is 1.67. The molecule has 0 atom stereocenters. The molecule has 0 radical (unpaired) electrons. The molecule has 0 saturated heterocycles. The molecule has 0 bridgehead atoms. The van der Waals surface area contributed by atoms with Crippen molar-refractivity contribution in [3.63, 3.8) is 0 Å². The Kier molecular flexibility index (Phi) is 3.89. The maximum Gasteiger partial charge on any atom is 0.254 e. The van der Waals surface area contributed by atoms with Crippen LogP contribution in [-0.4, -0.2) is 10.9 Å². The Morgan fingerprint density at radius 3 is 2.83 bits per heavy atom. The Labute approximate surface area is 109 Å². The molecule has 1 N–H and O–H groups in total. The number of nitrogens with one attached hydrogen (secondary N) is 1. The first-order valence-electron chi connectivity index (χ1n) is 5.29. The van der Waals surface area contributed by atoms with E-state index in [-0.39, 0.29) is 12.1 Å². The lowest BCUT2D eigenvalue weighted by Gasteiger charge is -2.07. The van der Waals surface area contributed by atoms with Gasteiger partial charge in [-0.25, -0.2) is 4.39 Å². The van der Waals surface area contributed by atoms with Crippen LogP contribution < -0.4 is 5.32 Å². The second-order valence-corrected chi connectivity index (χ2v) is 4.04. The highest BCUT2D eigenvalue weighted by Gasteiger charge is 2.11. The maximum absolute atomic E-state index is 13.3. The van der Waals surface area contributed by atoms with Gasteiger partial charge in [0, 0.05) is 17.8 Å². The molecule has 0 unspecified atom stereocenters. The standard InChI is InChI=1S/C13H10ClFN2O/c14-11-4-2-1-3-9(11)7-17-13(18)10-5-6-16-8-12(10)15/h1-6,8H,7H2,(H,17,18). The van der Waals surface area contributed by atoms with Crippen molar-refractivity contribution in [1.82, 2.24) is 10.3 Å². The first-order valence-corrected chi connectivity index (χ1v) is 5.67. The topological polar surface area (TPSA) is 42.0 Å². The lowest BCUT2D eigenvalue weighted by atomic mass is 10.2. The lowest BCUT2D eigenvalue weighted by molar-refractivity contribution is 0.0946. The average molecular weight is 265 g/mol. The van der Waals surface area contributed by atoms with E-state index in [1.54, 1.807) is 18.2 Å². The molecular formula is C13H10ClFN2O. The van der Waals surface area contributed by atoms with Crippen molar-refractivity contribution in [3.8, 4) is 0 Å². The summed E-state index contributed by atoms with van der Waals surface area (Å²) in [4.78, 5) is 15.3. The summed E-state index contributed by atoms with van der Waals surface area (Å²) in [6.45, 7) is 0.250. The summed E-state index contributed by atoms with van der Waals surface area (Å²) in [5, 5.41) is 3.17. The van der Waals surface area contributed by atoms with Crippen LogP contribution in [0.4, 0.5) is 4.39 Å². The van der Waals surface area contributed by atoms with Gasteiger partial charge in [-0.3, -0.25) is 9.78 Å². The van der Waals surface area contributed by atoms with E-state index >= 15 is 0 Å². The molecule has 0 saturated carbocycles. The normalized spacial score (nSPS) is 10.1. The molecule has 5 heteroatoms. The van der Waals surface area contributed by atoms with E-state index in [1.165, 1.54) is 12.3 Å². The molecule has 3 nitrogen and oxygen atoms in total. The molecule has 0 spiro atoms. The third-order valence-electron chi connectivity index (χ3n) is 2.41. The number of carbonyl (C=O) groups is 1. The van der Waals surface area contributed by atoms with Crippen LogP contribution in [0, 0.1) is 5.82 Å². The zero-order valence-electron chi connectivity index (χ0n) is 9.36. The quantitative estimate of drug-likeness (QED) is 0.926. The van der Waals surface area contributed by atoms with E-state index in [2.05, 4.69) is 10.3 Å². The number of aromatic nitrogens is 1. The second kappa shape index (κ2) is 5.60. The van der Waals surface area contributed by atoms with Gasteiger partial charge in [0.1, 0.15) is 0 Å². The van der Waals surface area contributed by atoms with Gasteiger partial charge in [0.05, 0.1) is 11.8 Å². The van der Waals surface area contributed by atoms with Crippen LogP contribution in [0.2, 0.25) is 5.02 Å². The van der Waals surface area contributed by atoms with Crippen LogP contribution in [0.5, 0.6) is 0 Å². The van der Waals surface area contributed by atoms with Gasteiger partial charge in [-0.15, -0.1) is 0 Å². The van der Waals surface area contributed by atoms with Gasteiger partial charge in [0.25, 0.3) is 5.91 Å². The van der Waals surface area contributed by atoms with Gasteiger partial charge in [0.2, 0.25) is 0 Å². The van der Waals surface area contributed by atoms with Gasteiger partial charge >= 0.3 is 0 Å². The van der Waals surface area contributed by atoms with Crippen molar-refractivity contribution < 1.29 is 9.18 Å². The summed E-state index contributed by atoms with van der Waals surface area (Å²) < 4.78 is 13.3. The molecule has 92 valence electrons. The number of pyridine rings is 1. The first-order chi connectivity index (χ1) is 8.68. The third kappa shape index (κ3) is 2.84. The molecule has 1 aromatic carbocycles. The summed E-state index contributed by atoms with van der Waals surface area (Å²) in [7, 11) is 0. The molecule has 1 amide bonds. The molecule has 2 rings (SSSR count). The Morgan fingerprint density at radius 2 is 2.11 bits per heavy atom. The van der Waals surface area contributed by atoms with Crippen LogP contribution in [0.3, 0.4) is 0 Å². The summed E-state index contributed by atoms with van der Waals surface area (Å²) in [6, 6.07) is 8.48. The summed E-state index contributed by atoms with van der Waals surface area (Å²) in [5.41, 5.74) is 0.749. The molecule has 0 aliphatic heterocycles. The maximum atomic E-state index is 13.3. The highest BCUT2D eigenvalue weighted by Crippen LogP contribution is 2.14. The van der Waals surface area contributed by atoms with Gasteiger partial charge in [-0.05, 0) is 17.7 Å². The lowest BCUT2D eigenvalue weighted by Crippen LogP contribution is -2.24. The van der Waals surface area contributed by atoms with Crippen molar-refractivity contribution in [2.75, 3.05) is 0 Å². The number of rotatable bonds is 3. The third-order valence-corrected chi connectivity index (χ3v) is 2.78. The zero-order chi connectivity index (χ0) is 13.0. The molecule has 2 aromatic rings.